The summed E-state index contributed by atoms with van der Waals surface area (Å²) < 4.78 is 0. The van der Waals surface area contributed by atoms with Gasteiger partial charge in [0.05, 0.1) is 23.5 Å². The van der Waals surface area contributed by atoms with E-state index < -0.39 is 5.60 Å². The molecular formula is C19H26N2O4. The first-order valence-electron chi connectivity index (χ1n) is 8.94. The molecule has 2 amide bonds. The zero-order valence-electron chi connectivity index (χ0n) is 14.5. The van der Waals surface area contributed by atoms with E-state index in [4.69, 9.17) is 5.11 Å². The van der Waals surface area contributed by atoms with E-state index in [-0.39, 0.29) is 36.3 Å². The fourth-order valence-electron chi connectivity index (χ4n) is 3.94. The van der Waals surface area contributed by atoms with Crippen LogP contribution in [0, 0.1) is 11.8 Å². The van der Waals surface area contributed by atoms with Crippen LogP contribution in [0.25, 0.3) is 0 Å². The predicted octanol–water partition coefficient (Wildman–Crippen LogP) is 0.630. The molecule has 1 aromatic carbocycles. The minimum absolute atomic E-state index is 0.00283. The van der Waals surface area contributed by atoms with Gasteiger partial charge >= 0.3 is 0 Å². The molecule has 0 bridgehead atoms. The van der Waals surface area contributed by atoms with Crippen LogP contribution in [0.1, 0.15) is 31.7 Å². The number of likely N-dealkylation sites (tertiary alicyclic amines) is 1. The van der Waals surface area contributed by atoms with Gasteiger partial charge in [0.2, 0.25) is 11.8 Å². The molecule has 3 N–H and O–H groups in total. The summed E-state index contributed by atoms with van der Waals surface area (Å²) in [5, 5.41) is 22.7. The molecule has 3 rings (SSSR count). The van der Waals surface area contributed by atoms with Gasteiger partial charge in [0, 0.05) is 19.7 Å². The van der Waals surface area contributed by atoms with Crippen molar-refractivity contribution in [2.45, 2.75) is 37.8 Å². The van der Waals surface area contributed by atoms with E-state index in [1.54, 1.807) is 4.90 Å². The molecule has 0 radical (unpaired) electrons. The number of carbonyl (C=O) groups is 2. The second-order valence-corrected chi connectivity index (χ2v) is 7.16. The molecule has 0 saturated carbocycles. The average molecular weight is 346 g/mol. The Morgan fingerprint density at radius 3 is 2.52 bits per heavy atom. The lowest BCUT2D eigenvalue weighted by Crippen LogP contribution is -2.64. The van der Waals surface area contributed by atoms with Crippen molar-refractivity contribution in [3.05, 3.63) is 35.9 Å². The van der Waals surface area contributed by atoms with Crippen molar-refractivity contribution in [3.63, 3.8) is 0 Å². The third-order valence-corrected chi connectivity index (χ3v) is 5.66. The first-order valence-corrected chi connectivity index (χ1v) is 8.94. The van der Waals surface area contributed by atoms with Crippen molar-refractivity contribution in [1.29, 1.82) is 0 Å². The Bertz CT molecular complexity index is 626. The number of rotatable bonds is 5. The molecule has 136 valence electrons. The van der Waals surface area contributed by atoms with E-state index in [0.29, 0.717) is 32.4 Å². The smallest absolute Gasteiger partial charge is 0.227 e. The molecule has 2 aliphatic heterocycles. The number of nitrogens with zero attached hydrogens (tertiary/aromatic N) is 1. The Morgan fingerprint density at radius 2 is 1.96 bits per heavy atom. The maximum absolute atomic E-state index is 12.8. The summed E-state index contributed by atoms with van der Waals surface area (Å²) in [6, 6.07) is 9.37. The van der Waals surface area contributed by atoms with Crippen LogP contribution in [-0.2, 0) is 15.2 Å². The highest BCUT2D eigenvalue weighted by Gasteiger charge is 2.46. The molecule has 3 atom stereocenters. The highest BCUT2D eigenvalue weighted by Crippen LogP contribution is 2.34. The maximum Gasteiger partial charge on any atom is 0.227 e. The average Bonchev–Trinajstić information content (AvgIpc) is 2.64. The fourth-order valence-corrected chi connectivity index (χ4v) is 3.94. The van der Waals surface area contributed by atoms with Gasteiger partial charge in [-0.3, -0.25) is 9.59 Å². The summed E-state index contributed by atoms with van der Waals surface area (Å²) in [4.78, 5) is 26.1. The molecule has 0 unspecified atom stereocenters. The Morgan fingerprint density at radius 1 is 1.32 bits per heavy atom. The van der Waals surface area contributed by atoms with Gasteiger partial charge in [-0.25, -0.2) is 0 Å². The van der Waals surface area contributed by atoms with Crippen molar-refractivity contribution in [1.82, 2.24) is 10.2 Å². The number of amides is 2. The van der Waals surface area contributed by atoms with E-state index in [0.717, 1.165) is 5.56 Å². The second kappa shape index (κ2) is 7.14. The van der Waals surface area contributed by atoms with Gasteiger partial charge in [0.25, 0.3) is 0 Å². The minimum Gasteiger partial charge on any atom is -0.396 e. The molecule has 6 heteroatoms. The molecular weight excluding hydrogens is 320 g/mol. The summed E-state index contributed by atoms with van der Waals surface area (Å²) in [6.07, 6.45) is 1.40. The minimum atomic E-state index is -0.884. The first kappa shape index (κ1) is 17.9. The van der Waals surface area contributed by atoms with Crippen molar-refractivity contribution >= 4 is 11.8 Å². The topological polar surface area (TPSA) is 89.9 Å². The third-order valence-electron chi connectivity index (χ3n) is 5.66. The van der Waals surface area contributed by atoms with Crippen molar-refractivity contribution < 1.29 is 19.8 Å². The van der Waals surface area contributed by atoms with Crippen LogP contribution in [0.3, 0.4) is 0 Å². The molecule has 0 spiro atoms. The highest BCUT2D eigenvalue weighted by molar-refractivity contribution is 5.89. The quantitative estimate of drug-likeness (QED) is 0.682. The first-order chi connectivity index (χ1) is 12.0. The number of aliphatic hydroxyl groups excluding tert-OH is 1. The van der Waals surface area contributed by atoms with Crippen molar-refractivity contribution in [3.8, 4) is 0 Å². The van der Waals surface area contributed by atoms with Gasteiger partial charge in [0.15, 0.2) is 0 Å². The lowest BCUT2D eigenvalue weighted by atomic mass is 9.78. The number of hydrogen-bond donors (Lipinski definition) is 3. The largest absolute Gasteiger partial charge is 0.396 e. The van der Waals surface area contributed by atoms with E-state index in [1.165, 1.54) is 0 Å². The van der Waals surface area contributed by atoms with Crippen LogP contribution in [-0.4, -0.2) is 52.7 Å². The Labute approximate surface area is 147 Å². The van der Waals surface area contributed by atoms with Crippen molar-refractivity contribution in [2.24, 2.45) is 11.8 Å². The van der Waals surface area contributed by atoms with Gasteiger partial charge in [-0.15, -0.1) is 0 Å². The molecule has 2 heterocycles. The van der Waals surface area contributed by atoms with Gasteiger partial charge in [-0.05, 0) is 24.8 Å². The monoisotopic (exact) mass is 346 g/mol. The van der Waals surface area contributed by atoms with Crippen LogP contribution in [0.5, 0.6) is 0 Å². The maximum atomic E-state index is 12.8. The number of aliphatic hydroxyl groups is 2. The predicted molar refractivity (Wildman–Crippen MR) is 92.4 cm³/mol. The zero-order valence-corrected chi connectivity index (χ0v) is 14.5. The zero-order chi connectivity index (χ0) is 18.0. The summed E-state index contributed by atoms with van der Waals surface area (Å²) in [7, 11) is 0. The lowest BCUT2D eigenvalue weighted by molar-refractivity contribution is -0.147. The molecule has 0 aromatic heterocycles. The summed E-state index contributed by atoms with van der Waals surface area (Å²) in [5.41, 5.74) is 0.00943. The van der Waals surface area contributed by atoms with Crippen molar-refractivity contribution in [2.75, 3.05) is 19.7 Å². The summed E-state index contributed by atoms with van der Waals surface area (Å²) >= 11 is 0. The van der Waals surface area contributed by atoms with Gasteiger partial charge in [-0.2, -0.15) is 0 Å². The Kier molecular flexibility index (Phi) is 5.11. The summed E-state index contributed by atoms with van der Waals surface area (Å²) in [5.74, 6) is -0.689. The van der Waals surface area contributed by atoms with E-state index in [2.05, 4.69) is 5.32 Å². The van der Waals surface area contributed by atoms with Gasteiger partial charge in [-0.1, -0.05) is 37.3 Å². The number of piperidine rings is 1. The van der Waals surface area contributed by atoms with E-state index >= 15 is 0 Å². The van der Waals surface area contributed by atoms with Crippen LogP contribution in [0.2, 0.25) is 0 Å². The number of β-lactam (4-membered cyclic amide) rings is 1. The molecule has 1 aromatic rings. The van der Waals surface area contributed by atoms with Crippen LogP contribution < -0.4 is 5.32 Å². The third kappa shape index (κ3) is 3.41. The number of hydrogen-bond acceptors (Lipinski definition) is 4. The normalized spacial score (nSPS) is 26.5. The lowest BCUT2D eigenvalue weighted by Gasteiger charge is -2.43. The van der Waals surface area contributed by atoms with Crippen LogP contribution in [0.15, 0.2) is 30.3 Å². The number of carbonyl (C=O) groups excluding carboxylic acids is 2. The van der Waals surface area contributed by atoms with Crippen LogP contribution in [0.4, 0.5) is 0 Å². The Hall–Kier alpha value is -1.92. The standard InChI is InChI=1S/C19H26N2O4/c1-13(16-15(7-12-22)17(23)20-16)18(24)21-10-8-19(25,9-11-21)14-5-3-2-4-6-14/h2-6,13,15-16,22,25H,7-12H2,1H3,(H,20,23)/t13-,15+,16-/m1/s1. The Balaban J connectivity index is 1.59. The molecule has 6 nitrogen and oxygen atoms in total. The number of benzene rings is 1. The SMILES string of the molecule is C[C@@H](C(=O)N1CCC(O)(c2ccccc2)CC1)[C@H]1NC(=O)[C@H]1CCO. The van der Waals surface area contributed by atoms with Gasteiger partial charge < -0.3 is 20.4 Å². The van der Waals surface area contributed by atoms with E-state index in [1.807, 2.05) is 37.3 Å². The number of nitrogens with one attached hydrogen (secondary N) is 1. The molecule has 25 heavy (non-hydrogen) atoms. The molecule has 2 aliphatic rings. The fraction of sp³-hybridized carbons (Fsp3) is 0.579. The molecule has 2 saturated heterocycles. The van der Waals surface area contributed by atoms with Crippen LogP contribution >= 0.6 is 0 Å². The highest BCUT2D eigenvalue weighted by atomic mass is 16.3. The van der Waals surface area contributed by atoms with Gasteiger partial charge in [0.1, 0.15) is 0 Å². The van der Waals surface area contributed by atoms with E-state index in [9.17, 15) is 14.7 Å². The molecule has 2 fully saturated rings. The summed E-state index contributed by atoms with van der Waals surface area (Å²) in [6.45, 7) is 2.78. The molecule has 0 aliphatic carbocycles. The second-order valence-electron chi connectivity index (χ2n) is 7.16.